The number of nitrogens with zero attached hydrogens (tertiary/aromatic N) is 8. The van der Waals surface area contributed by atoms with E-state index < -0.39 is 36.3 Å². The van der Waals surface area contributed by atoms with Gasteiger partial charge in [0.15, 0.2) is 6.03 Å². The third-order valence-corrected chi connectivity index (χ3v) is 12.7. The minimum absolute atomic E-state index is 0. The molecule has 392 valence electrons. The van der Waals surface area contributed by atoms with E-state index in [1.54, 1.807) is 42.8 Å². The van der Waals surface area contributed by atoms with E-state index in [1.807, 2.05) is 64.6 Å². The minimum Gasteiger partial charge on any atom is -0.673 e. The number of likely N-dealkylation sites (N-methyl/N-ethyl adjacent to an activating group) is 1. The molecular weight excluding hydrogens is 1160 g/mol. The molecule has 17 nitrogen and oxygen atoms in total. The van der Waals surface area contributed by atoms with Gasteiger partial charge in [-0.3, -0.25) is 43.8 Å². The molecule has 3 N–H and O–H groups in total. The summed E-state index contributed by atoms with van der Waals surface area (Å²) < 4.78 is 50.3. The average molecular weight is 1230 g/mol. The molecule has 0 radical (unpaired) electrons. The number of urea groups is 1. The van der Waals surface area contributed by atoms with Gasteiger partial charge in [0.05, 0.1) is 24.0 Å². The molecule has 72 heavy (non-hydrogen) atoms. The number of carbonyl (C=O) groups is 5. The summed E-state index contributed by atoms with van der Waals surface area (Å²) in [4.78, 5) is 73.5. The van der Waals surface area contributed by atoms with Gasteiger partial charge in [-0.05, 0) is 105 Å². The van der Waals surface area contributed by atoms with E-state index in [0.717, 1.165) is 24.0 Å². The van der Waals surface area contributed by atoms with Crippen LogP contribution in [0.2, 0.25) is 0 Å². The first-order valence-electron chi connectivity index (χ1n) is 24.4. The predicted octanol–water partition coefficient (Wildman–Crippen LogP) is 6.80. The van der Waals surface area contributed by atoms with Gasteiger partial charge in [-0.2, -0.15) is 25.6 Å². The van der Waals surface area contributed by atoms with Crippen LogP contribution in [0.3, 0.4) is 0 Å². The van der Waals surface area contributed by atoms with Crippen molar-refractivity contribution in [3.8, 4) is 11.3 Å². The Bertz CT molecular complexity index is 2350. The molecule has 3 aromatic rings. The van der Waals surface area contributed by atoms with Crippen LogP contribution in [0.5, 0.6) is 0 Å². The van der Waals surface area contributed by atoms with Crippen LogP contribution in [0.15, 0.2) is 55.0 Å². The summed E-state index contributed by atoms with van der Waals surface area (Å²) in [5.74, 6) is -0.854. The number of hydrogen-bond acceptors (Lipinski definition) is 10. The van der Waals surface area contributed by atoms with Crippen molar-refractivity contribution in [3.63, 3.8) is 0 Å². The van der Waals surface area contributed by atoms with Crippen LogP contribution in [0.1, 0.15) is 83.5 Å². The second kappa shape index (κ2) is 27.9. The minimum atomic E-state index is -4.54. The van der Waals surface area contributed by atoms with Crippen molar-refractivity contribution in [2.24, 2.45) is 11.3 Å². The van der Waals surface area contributed by atoms with Gasteiger partial charge in [-0.25, -0.2) is 5.43 Å². The molecule has 2 unspecified atom stereocenters. The SMILES string of the molecule is C1=C[N-]1.C[N-]C(=O)N(CCNC=O)CCN(C)C(C(=O)NC(CN1CCC=C(c2ccc3c(c2)c(CC(C)(C)COC=O)c(-c2cccnc2C(C)C)n3CC(F)(F)F)C1)C(=O)N1CCCCN1)C(C)C.[U+2]. The maximum Gasteiger partial charge on any atom is 2.00 e. The summed E-state index contributed by atoms with van der Waals surface area (Å²) in [6.45, 7) is 14.2. The summed E-state index contributed by atoms with van der Waals surface area (Å²) in [6, 6.07) is 7.07. The van der Waals surface area contributed by atoms with Crippen molar-refractivity contribution in [1.29, 1.82) is 0 Å². The first-order valence-corrected chi connectivity index (χ1v) is 24.4. The second-order valence-electron chi connectivity index (χ2n) is 19.7. The molecule has 0 saturated carbocycles. The van der Waals surface area contributed by atoms with E-state index in [2.05, 4.69) is 42.7 Å². The quantitative estimate of drug-likeness (QED) is 0.0673. The molecule has 3 aliphatic heterocycles. The number of fused-ring (bicyclic) bond motifs is 1. The summed E-state index contributed by atoms with van der Waals surface area (Å²) in [7, 11) is 3.20. The molecule has 2 aromatic heterocycles. The molecule has 3 aliphatic rings. The monoisotopic (exact) mass is 1230 g/mol. The number of aromatic nitrogens is 2. The summed E-state index contributed by atoms with van der Waals surface area (Å²) >= 11 is 0. The van der Waals surface area contributed by atoms with Gasteiger partial charge < -0.3 is 35.5 Å². The number of alkyl halides is 3. The first-order chi connectivity index (χ1) is 33.8. The molecule has 1 saturated heterocycles. The standard InChI is InChI=1S/C49H71F3N10O6.C2H2N.U/c1-33(2)42-37(14-11-17-55-42)44-39(26-48(5,6)30-68-32-64)38-25-35(15-16-41(38)61(44)29-49(50,51)52)36-13-12-20-59(27-36)28-40(46(66)62-21-10-9-18-56-62)57-45(65)43(34(3)4)58(8)23-24-60(47(67)53-7)22-19-54-31-63;1-2-3-1;/h11,13-17,25,31-34,40,43,56H,9-10,12,18-24,26-30H2,1-8H3,(H3,53,54,57,63,65,67);1-2H;/q;-1;+2/p-1. The van der Waals surface area contributed by atoms with Crippen molar-refractivity contribution >= 4 is 47.2 Å². The molecule has 6 rings (SSSR count). The van der Waals surface area contributed by atoms with Gasteiger partial charge in [0.2, 0.25) is 12.3 Å². The Morgan fingerprint density at radius 2 is 1.78 bits per heavy atom. The van der Waals surface area contributed by atoms with Gasteiger partial charge >= 0.3 is 37.3 Å². The third-order valence-electron chi connectivity index (χ3n) is 12.7. The number of carbonyl (C=O) groups excluding carboxylic acids is 5. The molecule has 2 atom stereocenters. The zero-order valence-electron chi connectivity index (χ0n) is 42.9. The first kappa shape index (κ1) is 59.6. The van der Waals surface area contributed by atoms with Crippen molar-refractivity contribution in [2.45, 2.75) is 97.9 Å². The van der Waals surface area contributed by atoms with Crippen molar-refractivity contribution in [3.05, 3.63) is 82.5 Å². The Labute approximate surface area is 445 Å². The summed E-state index contributed by atoms with van der Waals surface area (Å²) in [5.41, 5.74) is 7.09. The number of pyridine rings is 1. The summed E-state index contributed by atoms with van der Waals surface area (Å²) in [6.07, 6.45) is 5.93. The molecule has 5 amide bonds. The maximum atomic E-state index is 14.6. The number of halogens is 3. The Kier molecular flexibility index (Phi) is 23.1. The van der Waals surface area contributed by atoms with E-state index in [-0.39, 0.29) is 87.5 Å². The Balaban J connectivity index is 0.00000271. The second-order valence-corrected chi connectivity index (χ2v) is 19.7. The molecule has 21 heteroatoms. The van der Waals surface area contributed by atoms with Crippen molar-refractivity contribution < 1.29 is 73.0 Å². The van der Waals surface area contributed by atoms with E-state index in [4.69, 9.17) is 4.74 Å². The maximum absolute atomic E-state index is 14.6. The number of nitrogens with one attached hydrogen (secondary N) is 3. The molecule has 1 fully saturated rings. The smallest absolute Gasteiger partial charge is 0.673 e. The number of amides is 5. The van der Waals surface area contributed by atoms with Gasteiger partial charge in [0.25, 0.3) is 12.4 Å². The van der Waals surface area contributed by atoms with Crippen LogP contribution < -0.4 is 16.1 Å². The zero-order valence-corrected chi connectivity index (χ0v) is 47.1. The number of benzene rings is 1. The third kappa shape index (κ3) is 17.1. The van der Waals surface area contributed by atoms with Crippen LogP contribution in [-0.4, -0.2) is 158 Å². The average Bonchev–Trinajstić information content (AvgIpc) is 4.21. The van der Waals surface area contributed by atoms with E-state index in [9.17, 15) is 37.1 Å². The normalized spacial score (nSPS) is 15.6. The largest absolute Gasteiger partial charge is 2.00 e. The van der Waals surface area contributed by atoms with E-state index >= 15 is 0 Å². The van der Waals surface area contributed by atoms with Crippen LogP contribution in [0.4, 0.5) is 18.0 Å². The molecule has 0 spiro atoms. The van der Waals surface area contributed by atoms with Gasteiger partial charge in [-0.1, -0.05) is 60.7 Å². The zero-order chi connectivity index (χ0) is 51.9. The molecule has 0 bridgehead atoms. The number of ether oxygens (including phenoxy) is 1. The summed E-state index contributed by atoms with van der Waals surface area (Å²) in [5, 5.41) is 15.2. The van der Waals surface area contributed by atoms with Gasteiger partial charge in [0, 0.05) is 67.3 Å². The van der Waals surface area contributed by atoms with Gasteiger partial charge in [0.1, 0.15) is 12.6 Å². The molecular formula is C51H72F3N11O6U. The Morgan fingerprint density at radius 1 is 1.04 bits per heavy atom. The van der Waals surface area contributed by atoms with Crippen LogP contribution in [0, 0.1) is 42.4 Å². The van der Waals surface area contributed by atoms with Crippen molar-refractivity contribution in [1.82, 2.24) is 45.3 Å². The number of rotatable bonds is 23. The fraction of sp³-hybridized carbons (Fsp3) is 0.569. The Hall–Kier alpha value is -4.94. The van der Waals surface area contributed by atoms with Crippen LogP contribution >= 0.6 is 0 Å². The fourth-order valence-electron chi connectivity index (χ4n) is 9.39. The fourth-order valence-corrected chi connectivity index (χ4v) is 9.39. The van der Waals surface area contributed by atoms with E-state index in [1.165, 1.54) is 16.5 Å². The molecule has 1 aromatic carbocycles. The van der Waals surface area contributed by atoms with Crippen molar-refractivity contribution in [2.75, 3.05) is 79.6 Å². The van der Waals surface area contributed by atoms with Gasteiger partial charge in [-0.15, -0.1) is 0 Å². The number of hydrazine groups is 1. The number of hydrogen-bond donors (Lipinski definition) is 3. The Morgan fingerprint density at radius 3 is 2.39 bits per heavy atom. The molecule has 0 aliphatic carbocycles. The topological polar surface area (TPSA) is 190 Å². The van der Waals surface area contributed by atoms with E-state index in [0.29, 0.717) is 91.9 Å². The predicted molar refractivity (Wildman–Crippen MR) is 269 cm³/mol. The van der Waals surface area contributed by atoms with Crippen LogP contribution in [-0.2, 0) is 36.9 Å². The van der Waals surface area contributed by atoms with Crippen LogP contribution in [0.25, 0.3) is 38.4 Å². The molecule has 5 heterocycles.